The lowest BCUT2D eigenvalue weighted by molar-refractivity contribution is 0.0990. The number of carbonyl (C=O) groups is 1. The number of hydrogen-bond acceptors (Lipinski definition) is 4. The zero-order valence-electron chi connectivity index (χ0n) is 11.7. The second-order valence-electron chi connectivity index (χ2n) is 5.13. The molecule has 2 aliphatic heterocycles. The highest BCUT2D eigenvalue weighted by Crippen LogP contribution is 2.37. The van der Waals surface area contributed by atoms with Crippen molar-refractivity contribution in [3.8, 4) is 11.5 Å². The fraction of sp³-hybridized carbons (Fsp3) is 0.188. The largest absolute Gasteiger partial charge is 0.454 e. The van der Waals surface area contributed by atoms with Gasteiger partial charge in [-0.3, -0.25) is 4.79 Å². The normalized spacial score (nSPS) is 14.5. The number of nitrogen functional groups attached to an aromatic ring is 1. The number of fused-ring (bicyclic) bond motifs is 2. The van der Waals surface area contributed by atoms with Gasteiger partial charge in [0, 0.05) is 24.0 Å². The summed E-state index contributed by atoms with van der Waals surface area (Å²) in [5.74, 6) is 1.06. The van der Waals surface area contributed by atoms with Gasteiger partial charge < -0.3 is 20.1 Å². The van der Waals surface area contributed by atoms with E-state index >= 15 is 0 Å². The van der Waals surface area contributed by atoms with E-state index in [0.717, 1.165) is 12.1 Å². The Morgan fingerprint density at radius 3 is 2.68 bits per heavy atom. The van der Waals surface area contributed by atoms with E-state index < -0.39 is 0 Å². The number of halogens is 1. The SMILES string of the molecule is Cl.Nc1cc2c(cc1C(=O)N1CCc3ccccc31)OCO2. The van der Waals surface area contributed by atoms with Crippen LogP contribution in [-0.4, -0.2) is 19.2 Å². The Balaban J connectivity index is 0.00000144. The smallest absolute Gasteiger partial charge is 0.260 e. The van der Waals surface area contributed by atoms with Crippen LogP contribution in [-0.2, 0) is 6.42 Å². The van der Waals surface area contributed by atoms with Gasteiger partial charge in [0.1, 0.15) is 0 Å². The summed E-state index contributed by atoms with van der Waals surface area (Å²) in [6.45, 7) is 0.838. The lowest BCUT2D eigenvalue weighted by Gasteiger charge is -2.18. The van der Waals surface area contributed by atoms with Crippen LogP contribution >= 0.6 is 12.4 Å². The molecule has 0 aliphatic carbocycles. The summed E-state index contributed by atoms with van der Waals surface area (Å²) in [6, 6.07) is 11.3. The van der Waals surface area contributed by atoms with E-state index in [4.69, 9.17) is 15.2 Å². The van der Waals surface area contributed by atoms with Gasteiger partial charge in [0.25, 0.3) is 5.91 Å². The number of rotatable bonds is 1. The third-order valence-electron chi connectivity index (χ3n) is 3.91. The van der Waals surface area contributed by atoms with E-state index in [1.165, 1.54) is 5.56 Å². The highest BCUT2D eigenvalue weighted by Gasteiger charge is 2.28. The molecule has 114 valence electrons. The number of benzene rings is 2. The summed E-state index contributed by atoms with van der Waals surface area (Å²) >= 11 is 0. The molecule has 2 aliphatic rings. The molecule has 2 N–H and O–H groups in total. The molecule has 0 bridgehead atoms. The highest BCUT2D eigenvalue weighted by atomic mass is 35.5. The zero-order chi connectivity index (χ0) is 14.4. The Morgan fingerprint density at radius 1 is 1.14 bits per heavy atom. The maximum absolute atomic E-state index is 12.8. The first-order chi connectivity index (χ1) is 10.2. The summed E-state index contributed by atoms with van der Waals surface area (Å²) in [7, 11) is 0. The average Bonchev–Trinajstić information content (AvgIpc) is 3.11. The predicted molar refractivity (Wildman–Crippen MR) is 86.0 cm³/mol. The van der Waals surface area contributed by atoms with E-state index in [0.29, 0.717) is 29.3 Å². The number of hydrogen-bond donors (Lipinski definition) is 1. The molecular weight excluding hydrogens is 304 g/mol. The molecule has 0 radical (unpaired) electrons. The summed E-state index contributed by atoms with van der Waals surface area (Å²) in [5, 5.41) is 0. The lowest BCUT2D eigenvalue weighted by atomic mass is 10.1. The number of para-hydroxylation sites is 1. The van der Waals surface area contributed by atoms with Gasteiger partial charge in [-0.15, -0.1) is 12.4 Å². The van der Waals surface area contributed by atoms with Gasteiger partial charge in [-0.1, -0.05) is 18.2 Å². The van der Waals surface area contributed by atoms with Gasteiger partial charge in [-0.25, -0.2) is 0 Å². The fourth-order valence-electron chi connectivity index (χ4n) is 2.84. The number of anilines is 2. The van der Waals surface area contributed by atoms with Crippen LogP contribution in [0.25, 0.3) is 0 Å². The Labute approximate surface area is 134 Å². The molecule has 5 nitrogen and oxygen atoms in total. The van der Waals surface area contributed by atoms with E-state index in [1.54, 1.807) is 17.0 Å². The quantitative estimate of drug-likeness (QED) is 0.821. The van der Waals surface area contributed by atoms with Crippen LogP contribution in [0.2, 0.25) is 0 Å². The zero-order valence-corrected chi connectivity index (χ0v) is 12.6. The lowest BCUT2D eigenvalue weighted by Crippen LogP contribution is -2.29. The topological polar surface area (TPSA) is 64.8 Å². The molecule has 0 spiro atoms. The van der Waals surface area contributed by atoms with Gasteiger partial charge >= 0.3 is 0 Å². The summed E-state index contributed by atoms with van der Waals surface area (Å²) in [5.41, 5.74) is 9.01. The molecule has 2 aromatic rings. The first kappa shape index (κ1) is 14.5. The summed E-state index contributed by atoms with van der Waals surface area (Å²) < 4.78 is 10.6. The van der Waals surface area contributed by atoms with Crippen LogP contribution in [0.15, 0.2) is 36.4 Å². The van der Waals surface area contributed by atoms with E-state index in [1.807, 2.05) is 24.3 Å². The Hall–Kier alpha value is -2.40. The van der Waals surface area contributed by atoms with Crippen LogP contribution in [0.1, 0.15) is 15.9 Å². The second kappa shape index (κ2) is 5.42. The Bertz CT molecular complexity index is 748. The monoisotopic (exact) mass is 318 g/mol. The van der Waals surface area contributed by atoms with Crippen molar-refractivity contribution in [3.05, 3.63) is 47.5 Å². The van der Waals surface area contributed by atoms with Gasteiger partial charge in [-0.2, -0.15) is 0 Å². The predicted octanol–water partition coefficient (Wildman–Crippen LogP) is 2.62. The van der Waals surface area contributed by atoms with Crippen molar-refractivity contribution in [1.29, 1.82) is 0 Å². The molecule has 0 unspecified atom stereocenters. The third kappa shape index (κ3) is 2.14. The van der Waals surface area contributed by atoms with E-state index in [-0.39, 0.29) is 25.1 Å². The Morgan fingerprint density at radius 2 is 1.86 bits per heavy atom. The number of amides is 1. The molecule has 4 rings (SSSR count). The van der Waals surface area contributed by atoms with Crippen molar-refractivity contribution in [1.82, 2.24) is 0 Å². The van der Waals surface area contributed by atoms with Gasteiger partial charge in [0.05, 0.1) is 5.56 Å². The van der Waals surface area contributed by atoms with Crippen LogP contribution < -0.4 is 20.1 Å². The molecule has 2 heterocycles. The number of nitrogens with zero attached hydrogens (tertiary/aromatic N) is 1. The molecule has 0 aromatic heterocycles. The first-order valence-electron chi connectivity index (χ1n) is 6.83. The number of ether oxygens (including phenoxy) is 2. The van der Waals surface area contributed by atoms with Gasteiger partial charge in [0.15, 0.2) is 11.5 Å². The maximum Gasteiger partial charge on any atom is 0.260 e. The average molecular weight is 319 g/mol. The molecule has 0 fully saturated rings. The number of nitrogens with two attached hydrogens (primary N) is 1. The molecule has 1 amide bonds. The van der Waals surface area contributed by atoms with Crippen molar-refractivity contribution in [3.63, 3.8) is 0 Å². The minimum atomic E-state index is -0.101. The van der Waals surface area contributed by atoms with Crippen molar-refractivity contribution in [2.75, 3.05) is 24.0 Å². The molecule has 0 atom stereocenters. The summed E-state index contributed by atoms with van der Waals surface area (Å²) in [6.07, 6.45) is 0.867. The summed E-state index contributed by atoms with van der Waals surface area (Å²) in [4.78, 5) is 14.5. The van der Waals surface area contributed by atoms with Crippen LogP contribution in [0.4, 0.5) is 11.4 Å². The fourth-order valence-corrected chi connectivity index (χ4v) is 2.84. The standard InChI is InChI=1S/C16H14N2O3.ClH/c17-12-8-15-14(20-9-21-15)7-11(12)16(19)18-6-5-10-3-1-2-4-13(10)18;/h1-4,7-8H,5-6,9,17H2;1H. The molecule has 22 heavy (non-hydrogen) atoms. The molecule has 2 aromatic carbocycles. The Kier molecular flexibility index (Phi) is 3.58. The molecular formula is C16H15ClN2O3. The van der Waals surface area contributed by atoms with Crippen molar-refractivity contribution >= 4 is 29.7 Å². The molecule has 0 saturated carbocycles. The number of carbonyl (C=O) groups excluding carboxylic acids is 1. The third-order valence-corrected chi connectivity index (χ3v) is 3.91. The van der Waals surface area contributed by atoms with Gasteiger partial charge in [0.2, 0.25) is 6.79 Å². The molecule has 0 saturated heterocycles. The van der Waals surface area contributed by atoms with Gasteiger partial charge in [-0.05, 0) is 24.1 Å². The van der Waals surface area contributed by atoms with Crippen molar-refractivity contribution in [2.24, 2.45) is 0 Å². The van der Waals surface area contributed by atoms with E-state index in [2.05, 4.69) is 0 Å². The minimum absolute atomic E-state index is 0. The second-order valence-corrected chi connectivity index (χ2v) is 5.13. The van der Waals surface area contributed by atoms with Crippen LogP contribution in [0, 0.1) is 0 Å². The van der Waals surface area contributed by atoms with E-state index in [9.17, 15) is 4.79 Å². The first-order valence-corrected chi connectivity index (χ1v) is 6.83. The van der Waals surface area contributed by atoms with Crippen molar-refractivity contribution < 1.29 is 14.3 Å². The van der Waals surface area contributed by atoms with Crippen molar-refractivity contribution in [2.45, 2.75) is 6.42 Å². The van der Waals surface area contributed by atoms with Crippen LogP contribution in [0.5, 0.6) is 11.5 Å². The van der Waals surface area contributed by atoms with Crippen LogP contribution in [0.3, 0.4) is 0 Å². The maximum atomic E-state index is 12.8. The minimum Gasteiger partial charge on any atom is -0.454 e. The molecule has 6 heteroatoms. The highest BCUT2D eigenvalue weighted by molar-refractivity contribution is 6.10.